The standard InChI is InChI=1S/C39H66O14/c1-18(20(3)16-50-36-33(31(46)25(15-40)52-36)53-35-32(47)30(45)26(49-6)17-51-35)7-8-19(2)21-13-23(42)34-37(21,4)12-10-27-38(5)11-9-22(41)29(44)28(38)24(43)14-39(27,34)48/h19-36,40-48H,1,7-17H2,2-6H3/t19-,20-,21-,22+,23-,24+,25-,26-,27-,28+,29+,30+,31-,32-,33+,34-,35+,36+,37-,38-,39+/m1/s1. The highest BCUT2D eigenvalue weighted by molar-refractivity contribution is 5.21. The normalized spacial score (nSPS) is 52.3. The Labute approximate surface area is 313 Å². The monoisotopic (exact) mass is 758 g/mol. The number of aliphatic hydroxyl groups is 9. The third-order valence-electron chi connectivity index (χ3n) is 15.1. The highest BCUT2D eigenvalue weighted by Gasteiger charge is 2.71. The Bertz CT molecular complexity index is 1270. The van der Waals surface area contributed by atoms with E-state index in [-0.39, 0.29) is 48.7 Å². The molecule has 0 amide bonds. The summed E-state index contributed by atoms with van der Waals surface area (Å²) in [7, 11) is 1.39. The van der Waals surface area contributed by atoms with Gasteiger partial charge in [0.2, 0.25) is 0 Å². The number of aliphatic hydroxyl groups excluding tert-OH is 8. The molecule has 2 heterocycles. The topological polar surface area (TPSA) is 228 Å². The van der Waals surface area contributed by atoms with Gasteiger partial charge in [0.05, 0.1) is 49.8 Å². The van der Waals surface area contributed by atoms with Crippen LogP contribution in [0.1, 0.15) is 79.1 Å². The van der Waals surface area contributed by atoms with E-state index < -0.39 is 103 Å². The van der Waals surface area contributed by atoms with Crippen molar-refractivity contribution in [3.8, 4) is 0 Å². The lowest BCUT2D eigenvalue weighted by atomic mass is 9.41. The first-order valence-corrected chi connectivity index (χ1v) is 19.8. The summed E-state index contributed by atoms with van der Waals surface area (Å²) < 4.78 is 28.4. The van der Waals surface area contributed by atoms with Gasteiger partial charge in [-0.2, -0.15) is 0 Å². The number of ether oxygens (including phenoxy) is 5. The fraction of sp³-hybridized carbons (Fsp3) is 0.949. The lowest BCUT2D eigenvalue weighted by molar-refractivity contribution is -0.305. The average molecular weight is 759 g/mol. The maximum atomic E-state index is 12.6. The predicted octanol–water partition coefficient (Wildman–Crippen LogP) is 0.215. The van der Waals surface area contributed by atoms with E-state index in [0.717, 1.165) is 24.8 Å². The molecule has 6 aliphatic rings. The van der Waals surface area contributed by atoms with Gasteiger partial charge in [-0.25, -0.2) is 0 Å². The van der Waals surface area contributed by atoms with Crippen LogP contribution in [0.5, 0.6) is 0 Å². The van der Waals surface area contributed by atoms with Gasteiger partial charge < -0.3 is 69.6 Å². The summed E-state index contributed by atoms with van der Waals surface area (Å²) in [4.78, 5) is 0. The summed E-state index contributed by atoms with van der Waals surface area (Å²) in [5, 5.41) is 98.6. The molecule has 2 saturated heterocycles. The lowest BCUT2D eigenvalue weighted by Crippen LogP contribution is -2.70. The van der Waals surface area contributed by atoms with Crippen LogP contribution in [0.25, 0.3) is 0 Å². The number of hydrogen-bond acceptors (Lipinski definition) is 14. The summed E-state index contributed by atoms with van der Waals surface area (Å²) in [6.45, 7) is 12.4. The summed E-state index contributed by atoms with van der Waals surface area (Å²) in [5.74, 6) is -0.941. The first-order chi connectivity index (χ1) is 24.9. The van der Waals surface area contributed by atoms with Crippen LogP contribution in [0.2, 0.25) is 0 Å². The minimum Gasteiger partial charge on any atom is -0.394 e. The first-order valence-electron chi connectivity index (χ1n) is 19.8. The number of hydrogen-bond donors (Lipinski definition) is 9. The second kappa shape index (κ2) is 15.8. The van der Waals surface area contributed by atoms with Gasteiger partial charge >= 0.3 is 0 Å². The van der Waals surface area contributed by atoms with Crippen LogP contribution >= 0.6 is 0 Å². The fourth-order valence-corrected chi connectivity index (χ4v) is 12.1. The molecule has 4 aliphatic carbocycles. The molecule has 14 nitrogen and oxygen atoms in total. The molecule has 0 aromatic rings. The highest BCUT2D eigenvalue weighted by atomic mass is 16.8. The summed E-state index contributed by atoms with van der Waals surface area (Å²) in [6.07, 6.45) is -8.15. The zero-order valence-corrected chi connectivity index (χ0v) is 31.9. The van der Waals surface area contributed by atoms with Crippen molar-refractivity contribution >= 4 is 0 Å². The summed E-state index contributed by atoms with van der Waals surface area (Å²) in [5.41, 5.74) is -1.26. The molecule has 0 aromatic carbocycles. The molecule has 4 saturated carbocycles. The molecule has 0 spiro atoms. The molecule has 0 unspecified atom stereocenters. The molecule has 6 fully saturated rings. The van der Waals surface area contributed by atoms with Gasteiger partial charge in [-0.1, -0.05) is 39.8 Å². The molecule has 0 bridgehead atoms. The van der Waals surface area contributed by atoms with Gasteiger partial charge in [-0.15, -0.1) is 0 Å². The Morgan fingerprint density at radius 3 is 2.26 bits per heavy atom. The molecule has 53 heavy (non-hydrogen) atoms. The molecule has 2 aliphatic heterocycles. The Kier molecular flexibility index (Phi) is 12.5. The minimum atomic E-state index is -1.45. The Morgan fingerprint density at radius 1 is 0.887 bits per heavy atom. The number of rotatable bonds is 12. The number of fused-ring (bicyclic) bond motifs is 5. The average Bonchev–Trinajstić information content (AvgIpc) is 3.57. The van der Waals surface area contributed by atoms with Gasteiger partial charge in [0.15, 0.2) is 12.6 Å². The van der Waals surface area contributed by atoms with Crippen LogP contribution in [0, 0.1) is 46.3 Å². The second-order valence-electron chi connectivity index (χ2n) is 18.1. The zero-order chi connectivity index (χ0) is 38.8. The van der Waals surface area contributed by atoms with Crippen LogP contribution in [-0.2, 0) is 23.7 Å². The Balaban J connectivity index is 1.05. The van der Waals surface area contributed by atoms with E-state index in [1.165, 1.54) is 7.11 Å². The van der Waals surface area contributed by atoms with Crippen LogP contribution in [-0.4, -0.2) is 152 Å². The molecule has 6 rings (SSSR count). The van der Waals surface area contributed by atoms with Crippen molar-refractivity contribution < 1.29 is 69.6 Å². The third-order valence-corrected chi connectivity index (χ3v) is 15.1. The molecule has 14 heteroatoms. The van der Waals surface area contributed by atoms with E-state index in [2.05, 4.69) is 20.4 Å². The Hall–Kier alpha value is -0.820. The maximum Gasteiger partial charge on any atom is 0.187 e. The van der Waals surface area contributed by atoms with Crippen molar-refractivity contribution in [3.63, 3.8) is 0 Å². The summed E-state index contributed by atoms with van der Waals surface area (Å²) >= 11 is 0. The fourth-order valence-electron chi connectivity index (χ4n) is 12.1. The van der Waals surface area contributed by atoms with Crippen molar-refractivity contribution in [2.45, 2.75) is 158 Å². The third kappa shape index (κ3) is 7.19. The lowest BCUT2D eigenvalue weighted by Gasteiger charge is -2.66. The molecule has 306 valence electrons. The molecule has 0 aromatic heterocycles. The largest absolute Gasteiger partial charge is 0.394 e. The van der Waals surface area contributed by atoms with E-state index >= 15 is 0 Å². The van der Waals surface area contributed by atoms with E-state index in [4.69, 9.17) is 23.7 Å². The quantitative estimate of drug-likeness (QED) is 0.121. The van der Waals surface area contributed by atoms with Crippen molar-refractivity contribution in [1.29, 1.82) is 0 Å². The number of methoxy groups -OCH3 is 1. The van der Waals surface area contributed by atoms with Crippen molar-refractivity contribution in [3.05, 3.63) is 12.2 Å². The molecule has 9 N–H and O–H groups in total. The molecule has 0 radical (unpaired) electrons. The minimum absolute atomic E-state index is 0.0337. The van der Waals surface area contributed by atoms with Crippen LogP contribution in [0.4, 0.5) is 0 Å². The van der Waals surface area contributed by atoms with Crippen molar-refractivity contribution in [2.75, 3.05) is 26.9 Å². The van der Waals surface area contributed by atoms with Crippen molar-refractivity contribution in [1.82, 2.24) is 0 Å². The van der Waals surface area contributed by atoms with E-state index in [1.807, 2.05) is 13.8 Å². The highest BCUT2D eigenvalue weighted by Crippen LogP contribution is 2.70. The molecule has 21 atom stereocenters. The predicted molar refractivity (Wildman–Crippen MR) is 189 cm³/mol. The SMILES string of the molecule is C=C(CC[C@@H](C)[C@H]1C[C@@H](O)[C@@H]2[C@]1(C)CC[C@@H]1[C@@]3(C)CC[C@H](O)[C@H](O)[C@@H]3[C@@H](O)C[C@]12O)[C@H](C)CO[C@H]1O[C@H](CO)[C@@H](O)[C@@H]1O[C@@H]1OC[C@@H](OC)[C@H](O)[C@H]1O. The van der Waals surface area contributed by atoms with Gasteiger partial charge in [0.25, 0.3) is 0 Å². The van der Waals surface area contributed by atoms with Gasteiger partial charge in [0.1, 0.15) is 36.6 Å². The van der Waals surface area contributed by atoms with E-state index in [0.29, 0.717) is 25.7 Å². The van der Waals surface area contributed by atoms with Gasteiger partial charge in [-0.05, 0) is 73.5 Å². The zero-order valence-electron chi connectivity index (χ0n) is 31.9. The smallest absolute Gasteiger partial charge is 0.187 e. The first kappa shape index (κ1) is 41.8. The molecular weight excluding hydrogens is 692 g/mol. The second-order valence-corrected chi connectivity index (χ2v) is 18.1. The van der Waals surface area contributed by atoms with Gasteiger partial charge in [0, 0.05) is 31.3 Å². The molecular formula is C39H66O14. The maximum absolute atomic E-state index is 12.6. The van der Waals surface area contributed by atoms with E-state index in [1.54, 1.807) is 0 Å². The van der Waals surface area contributed by atoms with Gasteiger partial charge in [-0.3, -0.25) is 0 Å². The summed E-state index contributed by atoms with van der Waals surface area (Å²) in [6, 6.07) is 0. The van der Waals surface area contributed by atoms with Crippen molar-refractivity contribution in [2.24, 2.45) is 46.3 Å². The Morgan fingerprint density at radius 2 is 1.58 bits per heavy atom. The van der Waals surface area contributed by atoms with E-state index in [9.17, 15) is 46.0 Å². The van der Waals surface area contributed by atoms with Crippen LogP contribution in [0.15, 0.2) is 12.2 Å². The van der Waals surface area contributed by atoms with Crippen LogP contribution in [0.3, 0.4) is 0 Å². The van der Waals surface area contributed by atoms with Crippen LogP contribution < -0.4 is 0 Å².